The number of non-ortho nitro benzene ring substituents is 1. The minimum absolute atomic E-state index is 0.0811. The van der Waals surface area contributed by atoms with Crippen molar-refractivity contribution in [2.45, 2.75) is 6.92 Å². The minimum Gasteiger partial charge on any atom is -0.397 e. The number of benzene rings is 1. The Labute approximate surface area is 74.0 Å². The maximum absolute atomic E-state index is 10.4. The van der Waals surface area contributed by atoms with Gasteiger partial charge in [0, 0.05) is 12.1 Å². The number of aryl methyl sites for hydroxylation is 1. The van der Waals surface area contributed by atoms with Gasteiger partial charge in [-0.3, -0.25) is 10.1 Å². The second kappa shape index (κ2) is 3.18. The lowest BCUT2D eigenvalue weighted by molar-refractivity contribution is -0.384. The maximum Gasteiger partial charge on any atom is 0.271 e. The number of hydrogen-bond acceptors (Lipinski definition) is 5. The largest absolute Gasteiger partial charge is 0.397 e. The zero-order valence-corrected chi connectivity index (χ0v) is 6.94. The summed E-state index contributed by atoms with van der Waals surface area (Å²) in [6.45, 7) is 1.62. The lowest BCUT2D eigenvalue weighted by Crippen LogP contribution is -1.93. The van der Waals surface area contributed by atoms with Crippen molar-refractivity contribution in [3.05, 3.63) is 27.8 Å². The van der Waals surface area contributed by atoms with Gasteiger partial charge in [-0.05, 0) is 12.5 Å². The van der Waals surface area contributed by atoms with Crippen molar-refractivity contribution in [2.24, 2.45) is 5.11 Å². The van der Waals surface area contributed by atoms with E-state index in [0.717, 1.165) is 0 Å². The van der Waals surface area contributed by atoms with Gasteiger partial charge in [-0.25, -0.2) is 5.53 Å². The SMILES string of the molecule is Cc1cc([N+](=O)[O-])cc(N)c1N=N. The predicted octanol–water partition coefficient (Wildman–Crippen LogP) is 2.15. The normalized spacial score (nSPS) is 9.62. The molecule has 1 rings (SSSR count). The Kier molecular flexibility index (Phi) is 2.23. The zero-order valence-electron chi connectivity index (χ0n) is 6.94. The molecule has 3 N–H and O–H groups in total. The van der Waals surface area contributed by atoms with Crippen LogP contribution >= 0.6 is 0 Å². The van der Waals surface area contributed by atoms with Gasteiger partial charge in [0.2, 0.25) is 0 Å². The molecule has 68 valence electrons. The molecule has 0 aromatic heterocycles. The number of anilines is 1. The summed E-state index contributed by atoms with van der Waals surface area (Å²) < 4.78 is 0. The van der Waals surface area contributed by atoms with E-state index in [1.807, 2.05) is 0 Å². The van der Waals surface area contributed by atoms with Crippen LogP contribution in [0.15, 0.2) is 17.2 Å². The topological polar surface area (TPSA) is 105 Å². The molecule has 0 amide bonds. The average molecular weight is 180 g/mol. The van der Waals surface area contributed by atoms with Crippen LogP contribution in [0, 0.1) is 22.6 Å². The molecule has 0 aliphatic heterocycles. The predicted molar refractivity (Wildman–Crippen MR) is 47.1 cm³/mol. The summed E-state index contributed by atoms with van der Waals surface area (Å²) in [5.41, 5.74) is 13.1. The van der Waals surface area contributed by atoms with E-state index in [0.29, 0.717) is 5.56 Å². The molecule has 0 bridgehead atoms. The third-order valence-corrected chi connectivity index (χ3v) is 1.64. The third-order valence-electron chi connectivity index (χ3n) is 1.64. The van der Waals surface area contributed by atoms with E-state index in [4.69, 9.17) is 11.3 Å². The van der Waals surface area contributed by atoms with E-state index in [9.17, 15) is 10.1 Å². The molecule has 0 aliphatic rings. The van der Waals surface area contributed by atoms with E-state index >= 15 is 0 Å². The van der Waals surface area contributed by atoms with Gasteiger partial charge in [0.15, 0.2) is 0 Å². The highest BCUT2D eigenvalue weighted by atomic mass is 16.6. The van der Waals surface area contributed by atoms with Gasteiger partial charge in [-0.1, -0.05) is 0 Å². The van der Waals surface area contributed by atoms with Crippen LogP contribution in [0.1, 0.15) is 5.56 Å². The lowest BCUT2D eigenvalue weighted by atomic mass is 10.1. The van der Waals surface area contributed by atoms with Crippen LogP contribution in [0.2, 0.25) is 0 Å². The molecule has 0 atom stereocenters. The first-order valence-corrected chi connectivity index (χ1v) is 3.48. The summed E-state index contributed by atoms with van der Waals surface area (Å²) in [5.74, 6) is 0. The van der Waals surface area contributed by atoms with Crippen LogP contribution in [0.4, 0.5) is 17.1 Å². The van der Waals surface area contributed by atoms with Crippen molar-refractivity contribution in [3.63, 3.8) is 0 Å². The van der Waals surface area contributed by atoms with Gasteiger partial charge in [0.1, 0.15) is 5.69 Å². The van der Waals surface area contributed by atoms with Crippen molar-refractivity contribution < 1.29 is 4.92 Å². The number of nitrogens with zero attached hydrogens (tertiary/aromatic N) is 2. The molecule has 1 aromatic rings. The maximum atomic E-state index is 10.4. The summed E-state index contributed by atoms with van der Waals surface area (Å²) >= 11 is 0. The number of nitrogens with two attached hydrogens (primary N) is 1. The monoisotopic (exact) mass is 180 g/mol. The summed E-state index contributed by atoms with van der Waals surface area (Å²) in [7, 11) is 0. The second-order valence-electron chi connectivity index (χ2n) is 2.57. The second-order valence-corrected chi connectivity index (χ2v) is 2.57. The van der Waals surface area contributed by atoms with Gasteiger partial charge in [0.05, 0.1) is 10.6 Å². The van der Waals surface area contributed by atoms with Crippen molar-refractivity contribution in [1.82, 2.24) is 0 Å². The molecule has 13 heavy (non-hydrogen) atoms. The highest BCUT2D eigenvalue weighted by Gasteiger charge is 2.11. The minimum atomic E-state index is -0.531. The van der Waals surface area contributed by atoms with E-state index < -0.39 is 4.92 Å². The van der Waals surface area contributed by atoms with Crippen LogP contribution in [0.3, 0.4) is 0 Å². The van der Waals surface area contributed by atoms with Crippen molar-refractivity contribution in [3.8, 4) is 0 Å². The fraction of sp³-hybridized carbons (Fsp3) is 0.143. The van der Waals surface area contributed by atoms with Crippen LogP contribution in [-0.2, 0) is 0 Å². The first-order valence-electron chi connectivity index (χ1n) is 3.48. The first kappa shape index (κ1) is 9.11. The highest BCUT2D eigenvalue weighted by molar-refractivity contribution is 5.69. The van der Waals surface area contributed by atoms with Crippen molar-refractivity contribution >= 4 is 17.1 Å². The third kappa shape index (κ3) is 1.61. The van der Waals surface area contributed by atoms with Crippen LogP contribution in [0.25, 0.3) is 0 Å². The first-order chi connectivity index (χ1) is 6.06. The number of rotatable bonds is 2. The molecule has 0 heterocycles. The van der Waals surface area contributed by atoms with Gasteiger partial charge >= 0.3 is 0 Å². The standard InChI is InChI=1S/C7H8N4O2/c1-4-2-5(11(12)13)3-6(8)7(4)10-9/h2-3,9H,8H2,1H3. The Balaban J connectivity index is 3.36. The number of hydrogen-bond donors (Lipinski definition) is 2. The summed E-state index contributed by atoms with van der Waals surface area (Å²) in [6, 6.07) is 2.53. The molecule has 6 heteroatoms. The van der Waals surface area contributed by atoms with Gasteiger partial charge in [-0.2, -0.15) is 5.11 Å². The molecule has 0 saturated carbocycles. The number of nitrogens with one attached hydrogen (secondary N) is 1. The molecule has 6 nitrogen and oxygen atoms in total. The van der Waals surface area contributed by atoms with E-state index in [-0.39, 0.29) is 17.1 Å². The molecule has 0 saturated heterocycles. The number of nitro benzene ring substituents is 1. The smallest absolute Gasteiger partial charge is 0.271 e. The molecular formula is C7H8N4O2. The molecule has 0 unspecified atom stereocenters. The Morgan fingerprint density at radius 3 is 2.62 bits per heavy atom. The molecule has 0 radical (unpaired) electrons. The summed E-state index contributed by atoms with van der Waals surface area (Å²) in [4.78, 5) is 9.85. The average Bonchev–Trinajstić information content (AvgIpc) is 2.03. The Hall–Kier alpha value is -1.98. The van der Waals surface area contributed by atoms with Gasteiger partial charge < -0.3 is 5.73 Å². The molecule has 0 fully saturated rings. The van der Waals surface area contributed by atoms with Crippen LogP contribution in [-0.4, -0.2) is 4.92 Å². The Morgan fingerprint density at radius 2 is 2.23 bits per heavy atom. The van der Waals surface area contributed by atoms with Gasteiger partial charge in [-0.15, -0.1) is 0 Å². The molecule has 1 aromatic carbocycles. The van der Waals surface area contributed by atoms with E-state index in [1.54, 1.807) is 6.92 Å². The highest BCUT2D eigenvalue weighted by Crippen LogP contribution is 2.30. The number of nitro groups is 1. The van der Waals surface area contributed by atoms with E-state index in [1.165, 1.54) is 12.1 Å². The van der Waals surface area contributed by atoms with E-state index in [2.05, 4.69) is 5.11 Å². The molecule has 0 aliphatic carbocycles. The zero-order chi connectivity index (χ0) is 10.0. The van der Waals surface area contributed by atoms with Gasteiger partial charge in [0.25, 0.3) is 5.69 Å². The Bertz CT molecular complexity index is 352. The quantitative estimate of drug-likeness (QED) is 0.315. The van der Waals surface area contributed by atoms with Crippen LogP contribution in [0.5, 0.6) is 0 Å². The fourth-order valence-corrected chi connectivity index (χ4v) is 1.05. The summed E-state index contributed by atoms with van der Waals surface area (Å²) in [5, 5.41) is 13.5. The Morgan fingerprint density at radius 1 is 1.62 bits per heavy atom. The summed E-state index contributed by atoms with van der Waals surface area (Å²) in [6.07, 6.45) is 0. The number of nitrogen functional groups attached to an aromatic ring is 1. The van der Waals surface area contributed by atoms with Crippen LogP contribution < -0.4 is 5.73 Å². The molecule has 0 spiro atoms. The lowest BCUT2D eigenvalue weighted by Gasteiger charge is -2.01. The molecular weight excluding hydrogens is 172 g/mol. The van der Waals surface area contributed by atoms with Crippen molar-refractivity contribution in [1.29, 1.82) is 5.53 Å². The van der Waals surface area contributed by atoms with Crippen molar-refractivity contribution in [2.75, 3.05) is 5.73 Å². The fourth-order valence-electron chi connectivity index (χ4n) is 1.05.